The van der Waals surface area contributed by atoms with Gasteiger partial charge in [-0.25, -0.2) is 0 Å². The second kappa shape index (κ2) is 7.82. The van der Waals surface area contributed by atoms with Crippen molar-refractivity contribution in [3.05, 3.63) is 0 Å². The van der Waals surface area contributed by atoms with Gasteiger partial charge in [0.15, 0.2) is 0 Å². The molecule has 1 rings (SSSR count). The van der Waals surface area contributed by atoms with Crippen molar-refractivity contribution in [1.29, 1.82) is 0 Å². The first-order valence-electron chi connectivity index (χ1n) is 7.14. The predicted octanol–water partition coefficient (Wildman–Crippen LogP) is 0.313. The molecular weight excluding hydrogens is 242 g/mol. The molecule has 0 aliphatic carbocycles. The molecule has 1 fully saturated rings. The minimum Gasteiger partial charge on any atom is -0.379 e. The number of ether oxygens (including phenoxy) is 1. The van der Waals surface area contributed by atoms with Crippen LogP contribution < -0.4 is 10.6 Å². The third-order valence-corrected chi connectivity index (χ3v) is 3.77. The number of nitrogens with one attached hydrogen (secondary N) is 2. The molecule has 0 spiro atoms. The van der Waals surface area contributed by atoms with Crippen molar-refractivity contribution in [3.8, 4) is 0 Å². The average molecular weight is 271 g/mol. The molecule has 0 aromatic rings. The second-order valence-corrected chi connectivity index (χ2v) is 6.03. The van der Waals surface area contributed by atoms with Crippen LogP contribution in [0.5, 0.6) is 0 Å². The minimum absolute atomic E-state index is 0.0631. The summed E-state index contributed by atoms with van der Waals surface area (Å²) < 4.78 is 5.37. The molecule has 5 heteroatoms. The summed E-state index contributed by atoms with van der Waals surface area (Å²) in [5.74, 6) is 0.670. The lowest BCUT2D eigenvalue weighted by Gasteiger charge is -2.27. The van der Waals surface area contributed by atoms with E-state index in [1.807, 2.05) is 7.05 Å². The zero-order valence-corrected chi connectivity index (χ0v) is 12.9. The lowest BCUT2D eigenvalue weighted by molar-refractivity contribution is -0.125. The summed E-state index contributed by atoms with van der Waals surface area (Å²) in [6, 6.07) is 0.530. The standard InChI is InChI=1S/C14H29N3O2/c1-10(2)6-11(17(4)5)7-16-14(18)12-8-19-9-13(12)15-3/h10-13,15H,6-9H2,1-5H3,(H,16,18). The third kappa shape index (κ3) is 5.09. The van der Waals surface area contributed by atoms with Crippen LogP contribution in [0.2, 0.25) is 0 Å². The Morgan fingerprint density at radius 3 is 2.58 bits per heavy atom. The molecule has 1 aliphatic rings. The van der Waals surface area contributed by atoms with E-state index in [2.05, 4.69) is 43.5 Å². The number of likely N-dealkylation sites (N-methyl/N-ethyl adjacent to an activating group) is 2. The lowest BCUT2D eigenvalue weighted by Crippen LogP contribution is -2.47. The highest BCUT2D eigenvalue weighted by Gasteiger charge is 2.33. The zero-order valence-electron chi connectivity index (χ0n) is 12.9. The molecule has 0 aromatic carbocycles. The van der Waals surface area contributed by atoms with Gasteiger partial charge >= 0.3 is 0 Å². The Labute approximate surface area is 117 Å². The summed E-state index contributed by atoms with van der Waals surface area (Å²) in [5.41, 5.74) is 0. The fourth-order valence-corrected chi connectivity index (χ4v) is 2.47. The topological polar surface area (TPSA) is 53.6 Å². The molecule has 1 saturated heterocycles. The molecule has 0 bridgehead atoms. The molecule has 3 unspecified atom stereocenters. The Bertz CT molecular complexity index is 282. The van der Waals surface area contributed by atoms with E-state index in [1.54, 1.807) is 0 Å². The first-order chi connectivity index (χ1) is 8.95. The van der Waals surface area contributed by atoms with E-state index in [4.69, 9.17) is 4.74 Å². The van der Waals surface area contributed by atoms with Crippen LogP contribution in [0.1, 0.15) is 20.3 Å². The van der Waals surface area contributed by atoms with Crippen molar-refractivity contribution in [1.82, 2.24) is 15.5 Å². The Morgan fingerprint density at radius 2 is 2.05 bits per heavy atom. The van der Waals surface area contributed by atoms with Crippen LogP contribution in [-0.2, 0) is 9.53 Å². The molecule has 0 saturated carbocycles. The molecule has 3 atom stereocenters. The normalized spacial score (nSPS) is 25.0. The van der Waals surface area contributed by atoms with E-state index in [0.29, 0.717) is 31.7 Å². The third-order valence-electron chi connectivity index (χ3n) is 3.77. The van der Waals surface area contributed by atoms with Crippen molar-refractivity contribution in [2.24, 2.45) is 11.8 Å². The van der Waals surface area contributed by atoms with Gasteiger partial charge in [-0.05, 0) is 33.5 Å². The summed E-state index contributed by atoms with van der Waals surface area (Å²) in [6.45, 7) is 6.27. The molecule has 112 valence electrons. The van der Waals surface area contributed by atoms with Gasteiger partial charge in [-0.1, -0.05) is 13.8 Å². The summed E-state index contributed by atoms with van der Waals surface area (Å²) in [4.78, 5) is 14.4. The molecule has 1 heterocycles. The largest absolute Gasteiger partial charge is 0.379 e. The van der Waals surface area contributed by atoms with Crippen molar-refractivity contribution in [2.45, 2.75) is 32.4 Å². The number of carbonyl (C=O) groups excluding carboxylic acids is 1. The fraction of sp³-hybridized carbons (Fsp3) is 0.929. The maximum absolute atomic E-state index is 12.2. The Hall–Kier alpha value is -0.650. The number of hydrogen-bond acceptors (Lipinski definition) is 4. The quantitative estimate of drug-likeness (QED) is 0.700. The van der Waals surface area contributed by atoms with E-state index in [-0.39, 0.29) is 17.9 Å². The predicted molar refractivity (Wildman–Crippen MR) is 77.1 cm³/mol. The summed E-state index contributed by atoms with van der Waals surface area (Å²) in [5, 5.41) is 6.22. The van der Waals surface area contributed by atoms with Gasteiger partial charge in [-0.2, -0.15) is 0 Å². The van der Waals surface area contributed by atoms with Crippen LogP contribution >= 0.6 is 0 Å². The highest BCUT2D eigenvalue weighted by molar-refractivity contribution is 5.79. The van der Waals surface area contributed by atoms with E-state index in [0.717, 1.165) is 6.42 Å². The smallest absolute Gasteiger partial charge is 0.227 e. The van der Waals surface area contributed by atoms with Crippen molar-refractivity contribution < 1.29 is 9.53 Å². The van der Waals surface area contributed by atoms with Crippen LogP contribution in [-0.4, -0.2) is 63.8 Å². The molecular formula is C14H29N3O2. The number of nitrogens with zero attached hydrogens (tertiary/aromatic N) is 1. The first-order valence-corrected chi connectivity index (χ1v) is 7.14. The van der Waals surface area contributed by atoms with Gasteiger partial charge < -0.3 is 20.3 Å². The van der Waals surface area contributed by atoms with Crippen molar-refractivity contribution in [2.75, 3.05) is 40.9 Å². The number of rotatable bonds is 7. The van der Waals surface area contributed by atoms with Crippen LogP contribution in [0.3, 0.4) is 0 Å². The number of hydrogen-bond donors (Lipinski definition) is 2. The van der Waals surface area contributed by atoms with E-state index in [9.17, 15) is 4.79 Å². The highest BCUT2D eigenvalue weighted by Crippen LogP contribution is 2.14. The highest BCUT2D eigenvalue weighted by atomic mass is 16.5. The van der Waals surface area contributed by atoms with Crippen molar-refractivity contribution >= 4 is 5.91 Å². The van der Waals surface area contributed by atoms with Crippen LogP contribution in [0.15, 0.2) is 0 Å². The zero-order chi connectivity index (χ0) is 14.4. The Morgan fingerprint density at radius 1 is 1.37 bits per heavy atom. The van der Waals surface area contributed by atoms with Gasteiger partial charge in [0.25, 0.3) is 0 Å². The van der Waals surface area contributed by atoms with Gasteiger partial charge in [-0.15, -0.1) is 0 Å². The molecule has 0 radical (unpaired) electrons. The second-order valence-electron chi connectivity index (χ2n) is 6.03. The van der Waals surface area contributed by atoms with E-state index in [1.165, 1.54) is 0 Å². The molecule has 2 N–H and O–H groups in total. The van der Waals surface area contributed by atoms with Crippen LogP contribution in [0, 0.1) is 11.8 Å². The first kappa shape index (κ1) is 16.4. The molecule has 0 aromatic heterocycles. The summed E-state index contributed by atoms with van der Waals surface area (Å²) >= 11 is 0. The van der Waals surface area contributed by atoms with Crippen molar-refractivity contribution in [3.63, 3.8) is 0 Å². The fourth-order valence-electron chi connectivity index (χ4n) is 2.47. The SMILES string of the molecule is CNC1COCC1C(=O)NCC(CC(C)C)N(C)C. The van der Waals surface area contributed by atoms with Gasteiger partial charge in [0, 0.05) is 18.6 Å². The maximum Gasteiger partial charge on any atom is 0.227 e. The number of amides is 1. The van der Waals surface area contributed by atoms with Gasteiger partial charge in [-0.3, -0.25) is 4.79 Å². The Kier molecular flexibility index (Phi) is 6.75. The van der Waals surface area contributed by atoms with Gasteiger partial charge in [0.05, 0.1) is 19.1 Å². The summed E-state index contributed by atoms with van der Waals surface area (Å²) in [6.07, 6.45) is 1.09. The minimum atomic E-state index is -0.0631. The van der Waals surface area contributed by atoms with Crippen LogP contribution in [0.25, 0.3) is 0 Å². The molecule has 1 amide bonds. The monoisotopic (exact) mass is 271 g/mol. The average Bonchev–Trinajstić information content (AvgIpc) is 2.81. The summed E-state index contributed by atoms with van der Waals surface area (Å²) in [7, 11) is 6.00. The maximum atomic E-state index is 12.2. The molecule has 5 nitrogen and oxygen atoms in total. The lowest BCUT2D eigenvalue weighted by atomic mass is 10.0. The van der Waals surface area contributed by atoms with E-state index < -0.39 is 0 Å². The van der Waals surface area contributed by atoms with Crippen LogP contribution in [0.4, 0.5) is 0 Å². The Balaban J connectivity index is 2.43. The molecule has 1 aliphatic heterocycles. The number of carbonyl (C=O) groups is 1. The van der Waals surface area contributed by atoms with Gasteiger partial charge in [0.1, 0.15) is 0 Å². The molecule has 19 heavy (non-hydrogen) atoms. The van der Waals surface area contributed by atoms with Gasteiger partial charge in [0.2, 0.25) is 5.91 Å². The van der Waals surface area contributed by atoms with E-state index >= 15 is 0 Å².